The summed E-state index contributed by atoms with van der Waals surface area (Å²) >= 11 is 0. The lowest BCUT2D eigenvalue weighted by Gasteiger charge is -2.56. The number of hydrogen-bond donors (Lipinski definition) is 1. The highest BCUT2D eigenvalue weighted by Gasteiger charge is 2.57. The molecule has 0 saturated carbocycles. The summed E-state index contributed by atoms with van der Waals surface area (Å²) in [7, 11) is 0. The second-order valence-corrected chi connectivity index (χ2v) is 7.26. The maximum Gasteiger partial charge on any atom is 0.146 e. The highest BCUT2D eigenvalue weighted by molar-refractivity contribution is 5.05. The molecule has 0 radical (unpaired) electrons. The average molecular weight is 255 g/mol. The Morgan fingerprint density at radius 3 is 2.11 bits per heavy atom. The van der Waals surface area contributed by atoms with Crippen molar-refractivity contribution < 1.29 is 9.47 Å². The van der Waals surface area contributed by atoms with Crippen molar-refractivity contribution in [1.82, 2.24) is 5.32 Å². The summed E-state index contributed by atoms with van der Waals surface area (Å²) in [5.41, 5.74) is -0.233. The number of rotatable bonds is 2. The number of nitrogens with one attached hydrogen (secondary N) is 1. The van der Waals surface area contributed by atoms with Crippen LogP contribution in [-0.2, 0) is 9.47 Å². The second kappa shape index (κ2) is 4.19. The van der Waals surface area contributed by atoms with E-state index in [4.69, 9.17) is 9.47 Å². The lowest BCUT2D eigenvalue weighted by atomic mass is 9.69. The van der Waals surface area contributed by atoms with Crippen LogP contribution in [0.2, 0.25) is 0 Å². The lowest BCUT2D eigenvalue weighted by Crippen LogP contribution is -2.67. The van der Waals surface area contributed by atoms with E-state index in [1.807, 2.05) is 0 Å². The fourth-order valence-electron chi connectivity index (χ4n) is 3.72. The van der Waals surface area contributed by atoms with Crippen LogP contribution in [-0.4, -0.2) is 30.1 Å². The van der Waals surface area contributed by atoms with Crippen LogP contribution in [0.5, 0.6) is 0 Å². The van der Waals surface area contributed by atoms with E-state index in [1.165, 1.54) is 0 Å². The fourth-order valence-corrected chi connectivity index (χ4v) is 3.72. The zero-order valence-corrected chi connectivity index (χ0v) is 12.9. The van der Waals surface area contributed by atoms with Gasteiger partial charge in [-0.2, -0.15) is 0 Å². The Labute approximate surface area is 112 Å². The number of ether oxygens (including phenoxy) is 2. The van der Waals surface area contributed by atoms with Crippen molar-refractivity contribution in [3.63, 3.8) is 0 Å². The first kappa shape index (κ1) is 14.3. The summed E-state index contributed by atoms with van der Waals surface area (Å²) < 4.78 is 12.5. The minimum Gasteiger partial charge on any atom is -0.371 e. The zero-order chi connectivity index (χ0) is 13.7. The Morgan fingerprint density at radius 1 is 1.06 bits per heavy atom. The minimum absolute atomic E-state index is 0.0397. The molecule has 2 aliphatic heterocycles. The fraction of sp³-hybridized carbons (Fsp3) is 1.00. The first-order valence-electron chi connectivity index (χ1n) is 7.29. The van der Waals surface area contributed by atoms with E-state index in [1.54, 1.807) is 0 Å². The average Bonchev–Trinajstić information content (AvgIpc) is 2.59. The van der Waals surface area contributed by atoms with Gasteiger partial charge in [0.15, 0.2) is 0 Å². The predicted molar refractivity (Wildman–Crippen MR) is 73.6 cm³/mol. The van der Waals surface area contributed by atoms with Gasteiger partial charge in [-0.15, -0.1) is 0 Å². The van der Waals surface area contributed by atoms with Gasteiger partial charge in [0, 0.05) is 18.4 Å². The van der Waals surface area contributed by atoms with Crippen molar-refractivity contribution in [2.24, 2.45) is 5.41 Å². The van der Waals surface area contributed by atoms with Crippen molar-refractivity contribution in [3.8, 4) is 0 Å². The molecule has 0 aromatic rings. The SMILES string of the molecule is CCC1(CC)OC2(COC(C)(C)C2)NCC1(C)C. The molecular weight excluding hydrogens is 226 g/mol. The third-order valence-electron chi connectivity index (χ3n) is 5.03. The molecule has 0 aromatic heterocycles. The van der Waals surface area contributed by atoms with Gasteiger partial charge in [-0.1, -0.05) is 27.7 Å². The molecule has 0 aliphatic carbocycles. The van der Waals surface area contributed by atoms with Gasteiger partial charge in [0.25, 0.3) is 0 Å². The van der Waals surface area contributed by atoms with Gasteiger partial charge in [-0.25, -0.2) is 0 Å². The summed E-state index contributed by atoms with van der Waals surface area (Å²) in [6, 6.07) is 0. The molecule has 1 atom stereocenters. The standard InChI is InChI=1S/C15H29NO2/c1-7-14(8-2)12(3,4)10-16-15(18-14)9-13(5,6)17-11-15/h16H,7-11H2,1-6H3. The van der Waals surface area contributed by atoms with Crippen LogP contribution in [0.4, 0.5) is 0 Å². The Kier molecular flexibility index (Phi) is 3.33. The molecule has 1 N–H and O–H groups in total. The van der Waals surface area contributed by atoms with Gasteiger partial charge in [0.1, 0.15) is 5.72 Å². The predicted octanol–water partition coefficient (Wildman–Crippen LogP) is 3.09. The summed E-state index contributed by atoms with van der Waals surface area (Å²) in [4.78, 5) is 0. The molecule has 3 heteroatoms. The molecule has 18 heavy (non-hydrogen) atoms. The molecular formula is C15H29NO2. The smallest absolute Gasteiger partial charge is 0.146 e. The molecule has 106 valence electrons. The van der Waals surface area contributed by atoms with Gasteiger partial charge < -0.3 is 9.47 Å². The zero-order valence-electron chi connectivity index (χ0n) is 12.9. The lowest BCUT2D eigenvalue weighted by molar-refractivity contribution is -0.252. The molecule has 2 fully saturated rings. The van der Waals surface area contributed by atoms with Crippen molar-refractivity contribution in [3.05, 3.63) is 0 Å². The Morgan fingerprint density at radius 2 is 1.67 bits per heavy atom. The summed E-state index contributed by atoms with van der Waals surface area (Å²) in [6.45, 7) is 15.0. The molecule has 3 nitrogen and oxygen atoms in total. The molecule has 0 aromatic carbocycles. The van der Waals surface area contributed by atoms with Crippen LogP contribution >= 0.6 is 0 Å². The van der Waals surface area contributed by atoms with E-state index in [0.717, 1.165) is 25.8 Å². The van der Waals surface area contributed by atoms with E-state index in [-0.39, 0.29) is 22.3 Å². The Bertz CT molecular complexity index is 320. The van der Waals surface area contributed by atoms with Crippen molar-refractivity contribution in [2.45, 2.75) is 77.7 Å². The van der Waals surface area contributed by atoms with Crippen LogP contribution in [0.15, 0.2) is 0 Å². The molecule has 1 spiro atoms. The van der Waals surface area contributed by atoms with Gasteiger partial charge in [-0.3, -0.25) is 5.32 Å². The maximum atomic E-state index is 6.64. The summed E-state index contributed by atoms with van der Waals surface area (Å²) in [6.07, 6.45) is 3.04. The van der Waals surface area contributed by atoms with Crippen molar-refractivity contribution in [2.75, 3.05) is 13.2 Å². The van der Waals surface area contributed by atoms with Crippen LogP contribution in [0.1, 0.15) is 60.8 Å². The summed E-state index contributed by atoms with van der Waals surface area (Å²) in [5, 5.41) is 3.62. The van der Waals surface area contributed by atoms with E-state index in [0.29, 0.717) is 6.61 Å². The molecule has 2 heterocycles. The Hall–Kier alpha value is -0.120. The number of hydrogen-bond acceptors (Lipinski definition) is 3. The van der Waals surface area contributed by atoms with Crippen LogP contribution in [0, 0.1) is 5.41 Å². The van der Waals surface area contributed by atoms with Crippen LogP contribution in [0.3, 0.4) is 0 Å². The molecule has 0 bridgehead atoms. The van der Waals surface area contributed by atoms with Gasteiger partial charge >= 0.3 is 0 Å². The van der Waals surface area contributed by atoms with Gasteiger partial charge in [0.2, 0.25) is 0 Å². The monoisotopic (exact) mass is 255 g/mol. The molecule has 2 aliphatic rings. The second-order valence-electron chi connectivity index (χ2n) is 7.26. The first-order valence-corrected chi connectivity index (χ1v) is 7.29. The molecule has 0 amide bonds. The van der Waals surface area contributed by atoms with Crippen LogP contribution < -0.4 is 5.32 Å². The summed E-state index contributed by atoms with van der Waals surface area (Å²) in [5.74, 6) is 0. The quantitative estimate of drug-likeness (QED) is 0.822. The minimum atomic E-state index is -0.273. The van der Waals surface area contributed by atoms with Crippen molar-refractivity contribution in [1.29, 1.82) is 0 Å². The van der Waals surface area contributed by atoms with Crippen LogP contribution in [0.25, 0.3) is 0 Å². The molecule has 2 saturated heterocycles. The highest BCUT2D eigenvalue weighted by atomic mass is 16.6. The van der Waals surface area contributed by atoms with E-state index in [9.17, 15) is 0 Å². The third-order valence-corrected chi connectivity index (χ3v) is 5.03. The van der Waals surface area contributed by atoms with E-state index in [2.05, 4.69) is 46.9 Å². The topological polar surface area (TPSA) is 30.5 Å². The largest absolute Gasteiger partial charge is 0.371 e. The third kappa shape index (κ3) is 2.10. The molecule has 2 rings (SSSR count). The molecule has 1 unspecified atom stereocenters. The van der Waals surface area contributed by atoms with E-state index >= 15 is 0 Å². The van der Waals surface area contributed by atoms with Gasteiger partial charge in [-0.05, 0) is 26.7 Å². The van der Waals surface area contributed by atoms with Crippen molar-refractivity contribution >= 4 is 0 Å². The Balaban J connectivity index is 2.26. The normalized spacial score (nSPS) is 37.0. The first-order chi connectivity index (χ1) is 8.20. The van der Waals surface area contributed by atoms with E-state index < -0.39 is 0 Å². The highest BCUT2D eigenvalue weighted by Crippen LogP contribution is 2.48. The van der Waals surface area contributed by atoms with Gasteiger partial charge in [0.05, 0.1) is 17.8 Å². The maximum absolute atomic E-state index is 6.64.